The van der Waals surface area contributed by atoms with Gasteiger partial charge in [0.2, 0.25) is 0 Å². The molecule has 0 unspecified atom stereocenters. The number of hydrogen-bond donors (Lipinski definition) is 0. The monoisotopic (exact) mass is 612 g/mol. The highest BCUT2D eigenvalue weighted by atomic mass is 16.6. The standard InChI is InChI=1S/C33H36N6O6/c1-6-38(18-10-13-33(40)45-7-2)30-21-31(43-4)29(20-32(30)44-5)37-36-28-17-16-27(24-11-8-9-12-25(24)28)35-34-26-15-14-23(39(41)42)19-22(26)3/h8-9,11-12,14-17,19-21H,6-7,10,13,18H2,1-5H3. The van der Waals surface area contributed by atoms with Crippen molar-refractivity contribution in [2.24, 2.45) is 20.5 Å². The number of hydrogen-bond acceptors (Lipinski definition) is 11. The third-order valence-corrected chi connectivity index (χ3v) is 7.12. The lowest BCUT2D eigenvalue weighted by Crippen LogP contribution is -2.25. The summed E-state index contributed by atoms with van der Waals surface area (Å²) < 4.78 is 16.4. The van der Waals surface area contributed by atoms with Crippen LogP contribution in [0.3, 0.4) is 0 Å². The second-order valence-electron chi connectivity index (χ2n) is 9.96. The van der Waals surface area contributed by atoms with Gasteiger partial charge in [0, 0.05) is 54.5 Å². The Kier molecular flexibility index (Phi) is 11.1. The van der Waals surface area contributed by atoms with Crippen LogP contribution in [0.25, 0.3) is 10.8 Å². The van der Waals surface area contributed by atoms with Crippen molar-refractivity contribution in [1.82, 2.24) is 0 Å². The van der Waals surface area contributed by atoms with Gasteiger partial charge in [-0.05, 0) is 51.0 Å². The van der Waals surface area contributed by atoms with Gasteiger partial charge in [-0.3, -0.25) is 14.9 Å². The number of aryl methyl sites for hydroxylation is 1. The van der Waals surface area contributed by atoms with E-state index in [-0.39, 0.29) is 11.7 Å². The van der Waals surface area contributed by atoms with Gasteiger partial charge in [-0.25, -0.2) is 0 Å². The van der Waals surface area contributed by atoms with E-state index in [0.29, 0.717) is 72.4 Å². The van der Waals surface area contributed by atoms with Crippen LogP contribution in [0, 0.1) is 17.0 Å². The summed E-state index contributed by atoms with van der Waals surface area (Å²) >= 11 is 0. The Morgan fingerprint density at radius 3 is 1.98 bits per heavy atom. The molecule has 0 spiro atoms. The lowest BCUT2D eigenvalue weighted by molar-refractivity contribution is -0.384. The highest BCUT2D eigenvalue weighted by Gasteiger charge is 2.17. The van der Waals surface area contributed by atoms with Gasteiger partial charge in [0.25, 0.3) is 5.69 Å². The van der Waals surface area contributed by atoms with Crippen LogP contribution in [0.5, 0.6) is 11.5 Å². The number of nitro benzene ring substituents is 1. The van der Waals surface area contributed by atoms with Crippen molar-refractivity contribution in [2.75, 3.05) is 38.8 Å². The van der Waals surface area contributed by atoms with E-state index < -0.39 is 4.92 Å². The smallest absolute Gasteiger partial charge is 0.305 e. The second-order valence-corrected chi connectivity index (χ2v) is 9.96. The normalized spacial score (nSPS) is 11.3. The minimum Gasteiger partial charge on any atom is -0.494 e. The van der Waals surface area contributed by atoms with E-state index in [0.717, 1.165) is 16.5 Å². The lowest BCUT2D eigenvalue weighted by atomic mass is 10.1. The second kappa shape index (κ2) is 15.4. The number of nitro groups is 1. The molecular weight excluding hydrogens is 576 g/mol. The van der Waals surface area contributed by atoms with E-state index in [4.69, 9.17) is 14.2 Å². The Bertz CT molecular complexity index is 1740. The third kappa shape index (κ3) is 7.96. The van der Waals surface area contributed by atoms with Gasteiger partial charge in [-0.2, -0.15) is 5.11 Å². The molecule has 0 aliphatic rings. The maximum absolute atomic E-state index is 11.8. The summed E-state index contributed by atoms with van der Waals surface area (Å²) in [4.78, 5) is 24.5. The summed E-state index contributed by atoms with van der Waals surface area (Å²) in [6.07, 6.45) is 0.969. The Morgan fingerprint density at radius 1 is 0.822 bits per heavy atom. The molecule has 0 saturated heterocycles. The number of anilines is 1. The molecule has 4 rings (SSSR count). The fraction of sp³-hybridized carbons (Fsp3) is 0.303. The number of benzene rings is 4. The number of ether oxygens (including phenoxy) is 3. The van der Waals surface area contributed by atoms with Crippen molar-refractivity contribution in [3.05, 3.63) is 82.4 Å². The van der Waals surface area contributed by atoms with Gasteiger partial charge >= 0.3 is 5.97 Å². The number of carbonyl (C=O) groups excluding carboxylic acids is 1. The number of azo groups is 2. The molecule has 0 aliphatic carbocycles. The first-order valence-corrected chi connectivity index (χ1v) is 14.6. The summed E-state index contributed by atoms with van der Waals surface area (Å²) in [6.45, 7) is 7.28. The fourth-order valence-corrected chi connectivity index (χ4v) is 4.81. The van der Waals surface area contributed by atoms with E-state index >= 15 is 0 Å². The minimum absolute atomic E-state index is 0.00391. The fourth-order valence-electron chi connectivity index (χ4n) is 4.81. The maximum Gasteiger partial charge on any atom is 0.305 e. The van der Waals surface area contributed by atoms with Crippen molar-refractivity contribution in [3.63, 3.8) is 0 Å². The molecule has 0 saturated carbocycles. The van der Waals surface area contributed by atoms with Crippen molar-refractivity contribution in [3.8, 4) is 11.5 Å². The first kappa shape index (κ1) is 32.5. The number of non-ortho nitro benzene ring substituents is 1. The average molecular weight is 613 g/mol. The number of methoxy groups -OCH3 is 2. The molecule has 4 aromatic rings. The third-order valence-electron chi connectivity index (χ3n) is 7.12. The summed E-state index contributed by atoms with van der Waals surface area (Å²) in [5, 5.41) is 30.6. The zero-order chi connectivity index (χ0) is 32.3. The Morgan fingerprint density at radius 2 is 1.42 bits per heavy atom. The lowest BCUT2D eigenvalue weighted by Gasteiger charge is -2.25. The van der Waals surface area contributed by atoms with Gasteiger partial charge in [0.05, 0.1) is 48.5 Å². The highest BCUT2D eigenvalue weighted by molar-refractivity contribution is 5.99. The van der Waals surface area contributed by atoms with E-state index in [1.54, 1.807) is 46.3 Å². The molecule has 0 fully saturated rings. The summed E-state index contributed by atoms with van der Waals surface area (Å²) in [5.74, 6) is 0.911. The van der Waals surface area contributed by atoms with E-state index in [1.807, 2.05) is 43.3 Å². The molecule has 0 aromatic heterocycles. The summed E-state index contributed by atoms with van der Waals surface area (Å²) in [6, 6.07) is 19.4. The van der Waals surface area contributed by atoms with Gasteiger partial charge in [0.1, 0.15) is 17.2 Å². The van der Waals surface area contributed by atoms with Crippen molar-refractivity contribution in [1.29, 1.82) is 0 Å². The van der Waals surface area contributed by atoms with Crippen LogP contribution < -0.4 is 14.4 Å². The molecule has 234 valence electrons. The predicted octanol–water partition coefficient (Wildman–Crippen LogP) is 9.07. The van der Waals surface area contributed by atoms with Crippen LogP contribution >= 0.6 is 0 Å². The van der Waals surface area contributed by atoms with Gasteiger partial charge < -0.3 is 19.1 Å². The Balaban J connectivity index is 1.61. The van der Waals surface area contributed by atoms with Gasteiger partial charge in [-0.15, -0.1) is 15.3 Å². The Labute approximate surface area is 261 Å². The molecule has 0 bridgehead atoms. The molecule has 45 heavy (non-hydrogen) atoms. The summed E-state index contributed by atoms with van der Waals surface area (Å²) in [7, 11) is 3.17. The van der Waals surface area contributed by atoms with Crippen LogP contribution in [0.4, 0.5) is 34.1 Å². The van der Waals surface area contributed by atoms with E-state index in [1.165, 1.54) is 12.1 Å². The molecule has 0 amide bonds. The molecule has 12 heteroatoms. The molecule has 4 aromatic carbocycles. The van der Waals surface area contributed by atoms with E-state index in [2.05, 4.69) is 25.4 Å². The Hall–Kier alpha value is -5.39. The zero-order valence-corrected chi connectivity index (χ0v) is 26.0. The topological polar surface area (TPSA) is 141 Å². The number of nitrogens with zero attached hydrogens (tertiary/aromatic N) is 6. The molecule has 0 N–H and O–H groups in total. The van der Waals surface area contributed by atoms with Crippen LogP contribution in [-0.2, 0) is 9.53 Å². The first-order chi connectivity index (χ1) is 21.8. The molecule has 0 aliphatic heterocycles. The first-order valence-electron chi connectivity index (χ1n) is 14.6. The SMILES string of the molecule is CCOC(=O)CCCN(CC)c1cc(OC)c(N=Nc2ccc(N=Nc3ccc([N+](=O)[O-])cc3C)c3ccccc23)cc1OC. The van der Waals surface area contributed by atoms with Gasteiger partial charge in [-0.1, -0.05) is 24.3 Å². The number of rotatable bonds is 14. The molecule has 0 atom stereocenters. The van der Waals surface area contributed by atoms with Crippen LogP contribution in [0.2, 0.25) is 0 Å². The average Bonchev–Trinajstić information content (AvgIpc) is 3.05. The zero-order valence-electron chi connectivity index (χ0n) is 26.0. The maximum atomic E-state index is 11.8. The van der Waals surface area contributed by atoms with Crippen molar-refractivity contribution < 1.29 is 23.9 Å². The van der Waals surface area contributed by atoms with Crippen LogP contribution in [-0.4, -0.2) is 44.8 Å². The largest absolute Gasteiger partial charge is 0.494 e. The number of fused-ring (bicyclic) bond motifs is 1. The quantitative estimate of drug-likeness (QED) is 0.0598. The number of esters is 1. The molecule has 12 nitrogen and oxygen atoms in total. The van der Waals surface area contributed by atoms with E-state index in [9.17, 15) is 14.9 Å². The van der Waals surface area contributed by atoms with Crippen molar-refractivity contribution in [2.45, 2.75) is 33.6 Å². The summed E-state index contributed by atoms with van der Waals surface area (Å²) in [5.41, 5.74) is 3.74. The van der Waals surface area contributed by atoms with Crippen LogP contribution in [0.15, 0.2) is 87.2 Å². The molecule has 0 radical (unpaired) electrons. The number of carbonyl (C=O) groups is 1. The predicted molar refractivity (Wildman–Crippen MR) is 173 cm³/mol. The molecule has 0 heterocycles. The van der Waals surface area contributed by atoms with Crippen molar-refractivity contribution >= 4 is 50.9 Å². The minimum atomic E-state index is -0.439. The van der Waals surface area contributed by atoms with Crippen LogP contribution in [0.1, 0.15) is 32.3 Å². The van der Waals surface area contributed by atoms with Gasteiger partial charge in [0.15, 0.2) is 0 Å². The highest BCUT2D eigenvalue weighted by Crippen LogP contribution is 2.42. The molecular formula is C33H36N6O6.